The molecular weight excluding hydrogens is 354 g/mol. The minimum absolute atomic E-state index is 0.408. The van der Waals surface area contributed by atoms with E-state index in [4.69, 9.17) is 0 Å². The lowest BCUT2D eigenvalue weighted by Crippen LogP contribution is -2.34. The number of hydrogen-bond donors (Lipinski definition) is 1. The lowest BCUT2D eigenvalue weighted by molar-refractivity contribution is 0.291. The molecule has 1 atom stereocenters. The first kappa shape index (κ1) is 14.5. The Morgan fingerprint density at radius 2 is 1.83 bits per heavy atom. The first-order chi connectivity index (χ1) is 8.56. The molecule has 0 saturated heterocycles. The van der Waals surface area contributed by atoms with Gasteiger partial charge in [0.1, 0.15) is 0 Å². The number of nitrogens with one attached hydrogen (secondary N) is 1. The molecule has 1 aromatic rings. The summed E-state index contributed by atoms with van der Waals surface area (Å²) in [5.74, 6) is 0.915. The lowest BCUT2D eigenvalue weighted by atomic mass is 9.87. The molecule has 0 aliphatic heterocycles. The van der Waals surface area contributed by atoms with Gasteiger partial charge in [-0.05, 0) is 56.2 Å². The molecule has 1 aliphatic carbocycles. The summed E-state index contributed by atoms with van der Waals surface area (Å²) in [5, 5.41) is 3.77. The van der Waals surface area contributed by atoms with Gasteiger partial charge in [-0.3, -0.25) is 0 Å². The molecule has 1 aliphatic rings. The van der Waals surface area contributed by atoms with E-state index in [0.29, 0.717) is 12.1 Å². The molecule has 100 valence electrons. The van der Waals surface area contributed by atoms with E-state index in [0.717, 1.165) is 10.4 Å². The third-order valence-electron chi connectivity index (χ3n) is 3.93. The van der Waals surface area contributed by atoms with Crippen molar-refractivity contribution in [1.82, 2.24) is 5.32 Å². The number of halogens is 2. The Bertz CT molecular complexity index is 397. The molecule has 3 heteroatoms. The number of benzene rings is 1. The van der Waals surface area contributed by atoms with E-state index >= 15 is 0 Å². The summed E-state index contributed by atoms with van der Waals surface area (Å²) in [4.78, 5) is 0. The first-order valence-corrected chi connectivity index (χ1v) is 8.36. The molecule has 1 unspecified atom stereocenters. The fraction of sp³-hybridized carbons (Fsp3) is 0.600. The first-order valence-electron chi connectivity index (χ1n) is 6.77. The van der Waals surface area contributed by atoms with Crippen molar-refractivity contribution in [2.75, 3.05) is 0 Å². The Hall–Kier alpha value is 0.140. The van der Waals surface area contributed by atoms with Crippen LogP contribution in [0.5, 0.6) is 0 Å². The van der Waals surface area contributed by atoms with E-state index in [9.17, 15) is 0 Å². The van der Waals surface area contributed by atoms with Gasteiger partial charge in [-0.1, -0.05) is 44.8 Å². The summed E-state index contributed by atoms with van der Waals surface area (Å²) >= 11 is 7.15. The Kier molecular flexibility index (Phi) is 5.28. The quantitative estimate of drug-likeness (QED) is 0.742. The second kappa shape index (κ2) is 6.53. The predicted molar refractivity (Wildman–Crippen MR) is 84.8 cm³/mol. The predicted octanol–water partition coefficient (Wildman–Crippen LogP) is 5.44. The van der Waals surface area contributed by atoms with Crippen LogP contribution in [-0.2, 0) is 0 Å². The van der Waals surface area contributed by atoms with Crippen molar-refractivity contribution in [3.63, 3.8) is 0 Å². The van der Waals surface area contributed by atoms with Crippen molar-refractivity contribution in [2.45, 2.75) is 51.6 Å². The average molecular weight is 375 g/mol. The Balaban J connectivity index is 1.97. The molecule has 0 spiro atoms. The highest BCUT2D eigenvalue weighted by atomic mass is 79.9. The molecule has 0 radical (unpaired) electrons. The van der Waals surface area contributed by atoms with Crippen LogP contribution in [0, 0.1) is 5.92 Å². The molecule has 1 aromatic carbocycles. The maximum atomic E-state index is 3.77. The maximum Gasteiger partial charge on any atom is 0.0305 e. The molecule has 1 fully saturated rings. The van der Waals surface area contributed by atoms with Crippen LogP contribution in [0.2, 0.25) is 0 Å². The summed E-state index contributed by atoms with van der Waals surface area (Å²) in [6.07, 6.45) is 5.37. The highest BCUT2D eigenvalue weighted by molar-refractivity contribution is 9.11. The highest BCUT2D eigenvalue weighted by Gasteiger charge is 2.20. The van der Waals surface area contributed by atoms with Gasteiger partial charge in [0.15, 0.2) is 0 Å². The van der Waals surface area contributed by atoms with Crippen molar-refractivity contribution in [1.29, 1.82) is 0 Å². The van der Waals surface area contributed by atoms with Gasteiger partial charge >= 0.3 is 0 Å². The molecular formula is C15H21Br2N. The average Bonchev–Trinajstić information content (AvgIpc) is 2.32. The van der Waals surface area contributed by atoms with Crippen LogP contribution in [-0.4, -0.2) is 6.04 Å². The topological polar surface area (TPSA) is 12.0 Å². The van der Waals surface area contributed by atoms with Crippen molar-refractivity contribution in [3.05, 3.63) is 32.7 Å². The van der Waals surface area contributed by atoms with Crippen LogP contribution < -0.4 is 5.32 Å². The zero-order chi connectivity index (χ0) is 13.1. The zero-order valence-corrected chi connectivity index (χ0v) is 14.2. The van der Waals surface area contributed by atoms with Crippen molar-refractivity contribution >= 4 is 31.9 Å². The van der Waals surface area contributed by atoms with Gasteiger partial charge in [0.2, 0.25) is 0 Å². The van der Waals surface area contributed by atoms with E-state index in [2.05, 4.69) is 69.2 Å². The van der Waals surface area contributed by atoms with Gasteiger partial charge in [0.25, 0.3) is 0 Å². The van der Waals surface area contributed by atoms with Gasteiger partial charge < -0.3 is 5.32 Å². The second-order valence-electron chi connectivity index (χ2n) is 5.51. The molecule has 1 saturated carbocycles. The fourth-order valence-corrected chi connectivity index (χ4v) is 4.11. The molecule has 1 nitrogen and oxygen atoms in total. The van der Waals surface area contributed by atoms with Gasteiger partial charge in [-0.2, -0.15) is 0 Å². The van der Waals surface area contributed by atoms with Crippen molar-refractivity contribution in [2.24, 2.45) is 5.92 Å². The summed E-state index contributed by atoms with van der Waals surface area (Å²) in [6, 6.07) is 7.52. The molecule has 1 N–H and O–H groups in total. The third kappa shape index (κ3) is 3.82. The Morgan fingerprint density at radius 1 is 1.17 bits per heavy atom. The van der Waals surface area contributed by atoms with E-state index < -0.39 is 0 Å². The van der Waals surface area contributed by atoms with Crippen LogP contribution in [0.25, 0.3) is 0 Å². The fourth-order valence-electron chi connectivity index (χ4n) is 2.72. The minimum atomic E-state index is 0.408. The van der Waals surface area contributed by atoms with E-state index in [-0.39, 0.29) is 0 Å². The van der Waals surface area contributed by atoms with E-state index in [1.54, 1.807) is 0 Å². The van der Waals surface area contributed by atoms with Crippen LogP contribution >= 0.6 is 31.9 Å². The highest BCUT2D eigenvalue weighted by Crippen LogP contribution is 2.29. The molecule has 0 aromatic heterocycles. The number of hydrogen-bond acceptors (Lipinski definition) is 1. The third-order valence-corrected chi connectivity index (χ3v) is 5.11. The van der Waals surface area contributed by atoms with Crippen LogP contribution in [0.3, 0.4) is 0 Å². The van der Waals surface area contributed by atoms with Gasteiger partial charge in [0, 0.05) is 21.0 Å². The summed E-state index contributed by atoms with van der Waals surface area (Å²) in [5.41, 5.74) is 1.34. The minimum Gasteiger partial charge on any atom is -0.307 e. The largest absolute Gasteiger partial charge is 0.307 e. The normalized spacial score (nSPS) is 26.0. The summed E-state index contributed by atoms with van der Waals surface area (Å²) in [7, 11) is 0. The van der Waals surface area contributed by atoms with Gasteiger partial charge in [0.05, 0.1) is 0 Å². The van der Waals surface area contributed by atoms with Gasteiger partial charge in [-0.25, -0.2) is 0 Å². The molecule has 0 heterocycles. The summed E-state index contributed by atoms with van der Waals surface area (Å²) in [6.45, 7) is 4.62. The van der Waals surface area contributed by atoms with Crippen molar-refractivity contribution in [3.8, 4) is 0 Å². The standard InChI is InChI=1S/C15H21Br2N/c1-10-3-6-13(7-4-10)18-11(2)14-8-5-12(16)9-15(14)17/h5,8-11,13,18H,3-4,6-7H2,1-2H3. The molecule has 0 amide bonds. The lowest BCUT2D eigenvalue weighted by Gasteiger charge is -2.30. The van der Waals surface area contributed by atoms with Gasteiger partial charge in [-0.15, -0.1) is 0 Å². The number of rotatable bonds is 3. The maximum absolute atomic E-state index is 3.77. The Labute approximate surface area is 127 Å². The molecule has 18 heavy (non-hydrogen) atoms. The Morgan fingerprint density at radius 3 is 2.44 bits per heavy atom. The summed E-state index contributed by atoms with van der Waals surface area (Å²) < 4.78 is 2.30. The SMILES string of the molecule is CC1CCC(NC(C)c2ccc(Br)cc2Br)CC1. The smallest absolute Gasteiger partial charge is 0.0305 e. The monoisotopic (exact) mass is 373 g/mol. The zero-order valence-electron chi connectivity index (χ0n) is 11.0. The second-order valence-corrected chi connectivity index (χ2v) is 7.28. The van der Waals surface area contributed by atoms with E-state index in [1.807, 2.05) is 0 Å². The van der Waals surface area contributed by atoms with Crippen molar-refractivity contribution < 1.29 is 0 Å². The molecule has 2 rings (SSSR count). The van der Waals surface area contributed by atoms with Crippen LogP contribution in [0.1, 0.15) is 51.1 Å². The van der Waals surface area contributed by atoms with E-state index in [1.165, 1.54) is 35.7 Å². The van der Waals surface area contributed by atoms with Crippen LogP contribution in [0.15, 0.2) is 27.1 Å². The van der Waals surface area contributed by atoms with Crippen LogP contribution in [0.4, 0.5) is 0 Å². The molecule has 0 bridgehead atoms.